The van der Waals surface area contributed by atoms with E-state index in [2.05, 4.69) is 15.9 Å². The molecule has 0 bridgehead atoms. The van der Waals surface area contributed by atoms with Crippen LogP contribution in [0.1, 0.15) is 59.1 Å². The second kappa shape index (κ2) is 8.60. The van der Waals surface area contributed by atoms with Crippen LogP contribution in [0.3, 0.4) is 0 Å². The predicted molar refractivity (Wildman–Crippen MR) is 125 cm³/mol. The fourth-order valence-electron chi connectivity index (χ4n) is 4.08. The number of carbonyl (C=O) groups is 1. The lowest BCUT2D eigenvalue weighted by atomic mass is 9.97. The second-order valence-electron chi connectivity index (χ2n) is 8.34. The third-order valence-corrected chi connectivity index (χ3v) is 6.23. The summed E-state index contributed by atoms with van der Waals surface area (Å²) >= 11 is 3.51. The topological polar surface area (TPSA) is 59.8 Å². The lowest BCUT2D eigenvalue weighted by Crippen LogP contribution is -2.31. The van der Waals surface area contributed by atoms with Gasteiger partial charge in [0.15, 0.2) is 5.43 Å². The average Bonchev–Trinajstić information content (AvgIpc) is 2.99. The Morgan fingerprint density at radius 1 is 1.13 bits per heavy atom. The van der Waals surface area contributed by atoms with Gasteiger partial charge >= 0.3 is 0 Å². The lowest BCUT2D eigenvalue weighted by molar-refractivity contribution is 0.0593. The van der Waals surface area contributed by atoms with Crippen molar-refractivity contribution in [3.63, 3.8) is 0 Å². The zero-order chi connectivity index (χ0) is 22.3. The minimum Gasteiger partial charge on any atom is -0.450 e. The number of hydrogen-bond donors (Lipinski definition) is 0. The monoisotopic (exact) mass is 483 g/mol. The molecule has 0 unspecified atom stereocenters. The molecule has 0 spiro atoms. The van der Waals surface area contributed by atoms with Gasteiger partial charge in [-0.2, -0.15) is 0 Å². The van der Waals surface area contributed by atoms with Crippen LogP contribution in [-0.4, -0.2) is 30.1 Å². The van der Waals surface area contributed by atoms with Gasteiger partial charge in [0, 0.05) is 17.6 Å². The molecule has 5 nitrogen and oxygen atoms in total. The molecule has 6 heteroatoms. The number of rotatable bonds is 6. The second-order valence-corrected chi connectivity index (χ2v) is 9.25. The summed E-state index contributed by atoms with van der Waals surface area (Å²) in [5, 5.41) is 0.514. The van der Waals surface area contributed by atoms with Gasteiger partial charge in [-0.15, -0.1) is 0 Å². The van der Waals surface area contributed by atoms with Crippen LogP contribution >= 0.6 is 15.9 Å². The maximum atomic E-state index is 13.6. The third kappa shape index (κ3) is 4.06. The molecule has 1 atom stereocenters. The van der Waals surface area contributed by atoms with E-state index in [0.29, 0.717) is 36.1 Å². The lowest BCUT2D eigenvalue weighted by Gasteiger charge is -2.25. The molecule has 4 rings (SSSR count). The van der Waals surface area contributed by atoms with Crippen LogP contribution in [0, 0.1) is 13.8 Å². The van der Waals surface area contributed by atoms with Gasteiger partial charge in [0.25, 0.3) is 5.91 Å². The highest BCUT2D eigenvalue weighted by Gasteiger charge is 2.42. The molecule has 31 heavy (non-hydrogen) atoms. The van der Waals surface area contributed by atoms with E-state index in [1.165, 1.54) is 0 Å². The van der Waals surface area contributed by atoms with Crippen molar-refractivity contribution >= 4 is 32.8 Å². The Labute approximate surface area is 190 Å². The van der Waals surface area contributed by atoms with Gasteiger partial charge in [-0.3, -0.25) is 9.59 Å². The van der Waals surface area contributed by atoms with Gasteiger partial charge in [-0.05, 0) is 75.1 Å². The molecule has 1 amide bonds. The van der Waals surface area contributed by atoms with Crippen molar-refractivity contribution in [3.8, 4) is 0 Å². The number of ether oxygens (including phenoxy) is 1. The first-order valence-electron chi connectivity index (χ1n) is 10.5. The molecule has 1 aromatic heterocycles. The number of carbonyl (C=O) groups excluding carboxylic acids is 1. The Bertz CT molecular complexity index is 1210. The van der Waals surface area contributed by atoms with E-state index in [9.17, 15) is 9.59 Å². The van der Waals surface area contributed by atoms with E-state index in [1.807, 2.05) is 64.1 Å². The minimum atomic E-state index is -0.485. The first-order chi connectivity index (χ1) is 14.8. The van der Waals surface area contributed by atoms with E-state index in [0.717, 1.165) is 21.2 Å². The molecule has 1 aliphatic heterocycles. The Kier molecular flexibility index (Phi) is 6.04. The van der Waals surface area contributed by atoms with E-state index >= 15 is 0 Å². The van der Waals surface area contributed by atoms with Crippen molar-refractivity contribution in [1.29, 1.82) is 0 Å². The van der Waals surface area contributed by atoms with E-state index in [-0.39, 0.29) is 23.2 Å². The van der Waals surface area contributed by atoms with Crippen LogP contribution in [0.2, 0.25) is 0 Å². The van der Waals surface area contributed by atoms with Crippen LogP contribution in [0.5, 0.6) is 0 Å². The van der Waals surface area contributed by atoms with E-state index in [4.69, 9.17) is 9.15 Å². The molecule has 0 radical (unpaired) electrons. The SMILES string of the molecule is Cc1cc2oc3c(c(=O)c2cc1C)[C@H](c1cccc(Br)c1)N(CCCOC(C)C)C3=O. The number of nitrogens with zero attached hydrogens (tertiary/aromatic N) is 1. The fourth-order valence-corrected chi connectivity index (χ4v) is 4.50. The van der Waals surface area contributed by atoms with E-state index in [1.54, 1.807) is 4.90 Å². The maximum absolute atomic E-state index is 13.6. The molecule has 0 saturated heterocycles. The van der Waals surface area contributed by atoms with Gasteiger partial charge in [0.05, 0.1) is 23.1 Å². The maximum Gasteiger partial charge on any atom is 0.290 e. The summed E-state index contributed by atoms with van der Waals surface area (Å²) in [6.45, 7) is 8.93. The molecule has 0 saturated carbocycles. The summed E-state index contributed by atoms with van der Waals surface area (Å²) in [6, 6.07) is 11.0. The van der Waals surface area contributed by atoms with Crippen molar-refractivity contribution in [1.82, 2.24) is 4.90 Å². The summed E-state index contributed by atoms with van der Waals surface area (Å²) in [7, 11) is 0. The number of fused-ring (bicyclic) bond motifs is 2. The standard InChI is InChI=1S/C25H26BrNO4/c1-14(2)30-10-6-9-27-22(17-7-5-8-18(26)13-17)21-23(28)19-11-15(3)16(4)12-20(19)31-24(21)25(27)29/h5,7-8,11-14,22H,6,9-10H2,1-4H3/t22-/m0/s1. The Morgan fingerprint density at radius 2 is 1.87 bits per heavy atom. The zero-order valence-electron chi connectivity index (χ0n) is 18.2. The van der Waals surface area contributed by atoms with Crippen molar-refractivity contribution in [2.75, 3.05) is 13.2 Å². The molecule has 0 fully saturated rings. The Hall–Kier alpha value is -2.44. The molecule has 2 aromatic carbocycles. The number of hydrogen-bond acceptors (Lipinski definition) is 4. The highest BCUT2D eigenvalue weighted by molar-refractivity contribution is 9.10. The van der Waals surface area contributed by atoms with Gasteiger partial charge in [0.1, 0.15) is 5.58 Å². The number of aryl methyl sites for hydroxylation is 2. The van der Waals surface area contributed by atoms with Crippen LogP contribution in [0.4, 0.5) is 0 Å². The summed E-state index contributed by atoms with van der Waals surface area (Å²) < 4.78 is 12.6. The third-order valence-electron chi connectivity index (χ3n) is 5.74. The van der Waals surface area contributed by atoms with Gasteiger partial charge in [-0.25, -0.2) is 0 Å². The molecular weight excluding hydrogens is 458 g/mol. The predicted octanol–water partition coefficient (Wildman–Crippen LogP) is 5.53. The zero-order valence-corrected chi connectivity index (χ0v) is 19.8. The molecule has 0 aliphatic carbocycles. The van der Waals surface area contributed by atoms with Crippen molar-refractivity contribution in [3.05, 3.63) is 79.1 Å². The minimum absolute atomic E-state index is 0.132. The van der Waals surface area contributed by atoms with Gasteiger partial charge in [-0.1, -0.05) is 28.1 Å². The molecule has 162 valence electrons. The molecular formula is C25H26BrNO4. The first kappa shape index (κ1) is 21.8. The van der Waals surface area contributed by atoms with Crippen molar-refractivity contribution in [2.24, 2.45) is 0 Å². The highest BCUT2D eigenvalue weighted by atomic mass is 79.9. The normalized spacial score (nSPS) is 15.9. The quantitative estimate of drug-likeness (QED) is 0.432. The highest BCUT2D eigenvalue weighted by Crippen LogP contribution is 2.39. The Balaban J connectivity index is 1.85. The molecule has 1 aliphatic rings. The fraction of sp³-hybridized carbons (Fsp3) is 0.360. The van der Waals surface area contributed by atoms with Crippen LogP contribution in [-0.2, 0) is 4.74 Å². The molecule has 2 heterocycles. The summed E-state index contributed by atoms with van der Waals surface area (Å²) in [5.74, 6) is -0.0998. The number of halogens is 1. The Morgan fingerprint density at radius 3 is 2.58 bits per heavy atom. The average molecular weight is 484 g/mol. The van der Waals surface area contributed by atoms with Crippen molar-refractivity contribution in [2.45, 2.75) is 46.3 Å². The largest absolute Gasteiger partial charge is 0.450 e. The smallest absolute Gasteiger partial charge is 0.290 e. The van der Waals surface area contributed by atoms with Gasteiger partial charge in [0.2, 0.25) is 5.76 Å². The first-order valence-corrected chi connectivity index (χ1v) is 11.3. The van der Waals surface area contributed by atoms with Crippen LogP contribution in [0.25, 0.3) is 11.0 Å². The number of amides is 1. The molecule has 3 aromatic rings. The number of benzene rings is 2. The molecule has 0 N–H and O–H groups in total. The van der Waals surface area contributed by atoms with Crippen LogP contribution in [0.15, 0.2) is 50.1 Å². The van der Waals surface area contributed by atoms with Crippen molar-refractivity contribution < 1.29 is 13.9 Å². The van der Waals surface area contributed by atoms with Gasteiger partial charge < -0.3 is 14.1 Å². The summed E-state index contributed by atoms with van der Waals surface area (Å²) in [4.78, 5) is 28.7. The summed E-state index contributed by atoms with van der Waals surface area (Å²) in [5.41, 5.74) is 3.65. The summed E-state index contributed by atoms with van der Waals surface area (Å²) in [6.07, 6.45) is 0.807. The van der Waals surface area contributed by atoms with Crippen LogP contribution < -0.4 is 5.43 Å². The van der Waals surface area contributed by atoms with E-state index < -0.39 is 6.04 Å².